The Morgan fingerprint density at radius 3 is 2.70 bits per heavy atom. The number of aryl methyl sites for hydroxylation is 2. The number of benzene rings is 1. The predicted molar refractivity (Wildman–Crippen MR) is 88.4 cm³/mol. The van der Waals surface area contributed by atoms with Crippen molar-refractivity contribution in [2.45, 2.75) is 20.4 Å². The van der Waals surface area contributed by atoms with E-state index in [0.717, 1.165) is 33.2 Å². The highest BCUT2D eigenvalue weighted by Gasteiger charge is 2.11. The van der Waals surface area contributed by atoms with Crippen LogP contribution in [0.15, 0.2) is 30.3 Å². The first-order valence-electron chi connectivity index (χ1n) is 6.24. The van der Waals surface area contributed by atoms with Crippen LogP contribution in [0.25, 0.3) is 0 Å². The minimum Gasteiger partial charge on any atom is -0.389 e. The lowest BCUT2D eigenvalue weighted by Gasteiger charge is -2.14. The third-order valence-corrected chi connectivity index (χ3v) is 3.57. The van der Waals surface area contributed by atoms with E-state index in [4.69, 9.17) is 29.6 Å². The summed E-state index contributed by atoms with van der Waals surface area (Å²) in [6, 6.07) is 9.67. The molecule has 5 heteroatoms. The Bertz CT molecular complexity index is 656. The normalized spacial score (nSPS) is 10.3. The average Bonchev–Trinajstić information content (AvgIpc) is 2.36. The quantitative estimate of drug-likeness (QED) is 0.848. The zero-order chi connectivity index (χ0) is 14.7. The lowest BCUT2D eigenvalue weighted by atomic mass is 10.1. The first kappa shape index (κ1) is 14.8. The number of halogens is 1. The van der Waals surface area contributed by atoms with Crippen molar-refractivity contribution in [2.24, 2.45) is 5.73 Å². The largest absolute Gasteiger partial charge is 0.389 e. The van der Waals surface area contributed by atoms with Crippen molar-refractivity contribution in [3.63, 3.8) is 0 Å². The number of pyridine rings is 1. The number of aromatic nitrogens is 1. The molecule has 0 bridgehead atoms. The van der Waals surface area contributed by atoms with Crippen LogP contribution in [0.1, 0.15) is 22.5 Å². The van der Waals surface area contributed by atoms with Crippen LogP contribution in [0.4, 0.5) is 5.69 Å². The number of nitrogens with zero attached hydrogens (tertiary/aromatic N) is 1. The predicted octanol–water partition coefficient (Wildman–Crippen LogP) is 3.60. The topological polar surface area (TPSA) is 50.9 Å². The van der Waals surface area contributed by atoms with Crippen LogP contribution in [0.3, 0.4) is 0 Å². The molecule has 0 aliphatic carbocycles. The van der Waals surface area contributed by atoms with Crippen LogP contribution in [-0.4, -0.2) is 9.97 Å². The number of nitrogens with two attached hydrogens (primary N) is 1. The maximum atomic E-state index is 6.15. The Hall–Kier alpha value is -1.65. The Labute approximate surface area is 129 Å². The van der Waals surface area contributed by atoms with Gasteiger partial charge in [0.25, 0.3) is 0 Å². The number of anilines is 1. The van der Waals surface area contributed by atoms with Gasteiger partial charge in [-0.05, 0) is 31.5 Å². The molecular weight excluding hydrogens is 290 g/mol. The highest BCUT2D eigenvalue weighted by Crippen LogP contribution is 2.22. The van der Waals surface area contributed by atoms with Crippen LogP contribution in [0.2, 0.25) is 5.02 Å². The molecule has 3 nitrogen and oxygen atoms in total. The molecule has 3 N–H and O–H groups in total. The molecule has 0 saturated heterocycles. The van der Waals surface area contributed by atoms with Crippen molar-refractivity contribution in [1.29, 1.82) is 0 Å². The Kier molecular flexibility index (Phi) is 4.57. The van der Waals surface area contributed by atoms with Gasteiger partial charge < -0.3 is 11.1 Å². The number of rotatable bonds is 4. The minimum atomic E-state index is 0.344. The van der Waals surface area contributed by atoms with Crippen LogP contribution in [0.5, 0.6) is 0 Å². The smallest absolute Gasteiger partial charge is 0.107 e. The van der Waals surface area contributed by atoms with Crippen LogP contribution >= 0.6 is 23.8 Å². The van der Waals surface area contributed by atoms with E-state index in [-0.39, 0.29) is 0 Å². The molecule has 0 spiro atoms. The number of nitrogens with one attached hydrogen (secondary N) is 1. The molecule has 0 atom stereocenters. The molecule has 0 saturated carbocycles. The molecule has 20 heavy (non-hydrogen) atoms. The van der Waals surface area contributed by atoms with Crippen molar-refractivity contribution >= 4 is 34.5 Å². The van der Waals surface area contributed by atoms with Gasteiger partial charge in [0.1, 0.15) is 4.99 Å². The highest BCUT2D eigenvalue weighted by molar-refractivity contribution is 7.80. The maximum absolute atomic E-state index is 6.15. The second-order valence-corrected chi connectivity index (χ2v) is 5.43. The fraction of sp³-hybridized carbons (Fsp3) is 0.200. The third-order valence-electron chi connectivity index (χ3n) is 3.00. The van der Waals surface area contributed by atoms with Crippen LogP contribution in [0, 0.1) is 13.8 Å². The first-order valence-corrected chi connectivity index (χ1v) is 7.03. The maximum Gasteiger partial charge on any atom is 0.107 e. The van der Waals surface area contributed by atoms with E-state index in [1.54, 1.807) is 0 Å². The van der Waals surface area contributed by atoms with Crippen molar-refractivity contribution in [3.8, 4) is 0 Å². The zero-order valence-electron chi connectivity index (χ0n) is 11.4. The molecule has 0 aliphatic rings. The molecule has 0 unspecified atom stereocenters. The van der Waals surface area contributed by atoms with Crippen molar-refractivity contribution in [3.05, 3.63) is 57.9 Å². The number of thiocarbonyl (C=S) groups is 1. The lowest BCUT2D eigenvalue weighted by molar-refractivity contribution is 1.09. The zero-order valence-corrected chi connectivity index (χ0v) is 13.0. The summed E-state index contributed by atoms with van der Waals surface area (Å²) >= 11 is 11.3. The van der Waals surface area contributed by atoms with Gasteiger partial charge in [0, 0.05) is 28.6 Å². The van der Waals surface area contributed by atoms with E-state index in [2.05, 4.69) is 10.3 Å². The summed E-state index contributed by atoms with van der Waals surface area (Å²) in [6.07, 6.45) is 0. The van der Waals surface area contributed by atoms with Crippen molar-refractivity contribution < 1.29 is 0 Å². The fourth-order valence-corrected chi connectivity index (χ4v) is 2.57. The number of hydrogen-bond acceptors (Lipinski definition) is 3. The van der Waals surface area contributed by atoms with E-state index in [1.165, 1.54) is 0 Å². The molecule has 0 fully saturated rings. The van der Waals surface area contributed by atoms with E-state index in [9.17, 15) is 0 Å². The molecule has 0 radical (unpaired) electrons. The molecule has 2 aromatic rings. The van der Waals surface area contributed by atoms with Gasteiger partial charge in [-0.25, -0.2) is 0 Å². The van der Waals surface area contributed by atoms with Gasteiger partial charge in [-0.1, -0.05) is 42.0 Å². The average molecular weight is 306 g/mol. The summed E-state index contributed by atoms with van der Waals surface area (Å²) < 4.78 is 0. The summed E-state index contributed by atoms with van der Waals surface area (Å²) in [4.78, 5) is 4.74. The summed E-state index contributed by atoms with van der Waals surface area (Å²) in [7, 11) is 0. The van der Waals surface area contributed by atoms with Gasteiger partial charge in [-0.15, -0.1) is 0 Å². The Morgan fingerprint density at radius 1 is 1.35 bits per heavy atom. The minimum absolute atomic E-state index is 0.344. The third kappa shape index (κ3) is 3.26. The molecule has 0 amide bonds. The molecule has 1 aromatic carbocycles. The molecule has 2 rings (SSSR count). The van der Waals surface area contributed by atoms with Gasteiger partial charge in [0.2, 0.25) is 0 Å². The van der Waals surface area contributed by atoms with Crippen molar-refractivity contribution in [2.75, 3.05) is 5.32 Å². The second kappa shape index (κ2) is 6.20. The Morgan fingerprint density at radius 2 is 2.05 bits per heavy atom. The van der Waals surface area contributed by atoms with Crippen molar-refractivity contribution in [1.82, 2.24) is 4.98 Å². The van der Waals surface area contributed by atoms with Gasteiger partial charge in [-0.2, -0.15) is 0 Å². The first-order chi connectivity index (χ1) is 9.49. The number of hydrogen-bond donors (Lipinski definition) is 2. The standard InChI is InChI=1S/C15H16ClN3S/c1-9-7-13(14(15(17)20)10(2)19-9)18-8-11-5-3-4-6-12(11)16/h3-7H,8H2,1-2H3,(H2,17,20)(H,18,19). The summed E-state index contributed by atoms with van der Waals surface area (Å²) in [5.74, 6) is 0. The van der Waals surface area contributed by atoms with Crippen LogP contribution in [-0.2, 0) is 6.54 Å². The van der Waals surface area contributed by atoms with E-state index >= 15 is 0 Å². The molecular formula is C15H16ClN3S. The fourth-order valence-electron chi connectivity index (χ4n) is 2.11. The van der Waals surface area contributed by atoms with Gasteiger partial charge in [0.15, 0.2) is 0 Å². The van der Waals surface area contributed by atoms with Crippen LogP contribution < -0.4 is 11.1 Å². The summed E-state index contributed by atoms with van der Waals surface area (Å²) in [6.45, 7) is 4.46. The van der Waals surface area contributed by atoms with E-state index in [1.807, 2.05) is 44.2 Å². The van der Waals surface area contributed by atoms with Gasteiger partial charge >= 0.3 is 0 Å². The monoisotopic (exact) mass is 305 g/mol. The van der Waals surface area contributed by atoms with Gasteiger partial charge in [-0.3, -0.25) is 4.98 Å². The summed E-state index contributed by atoms with van der Waals surface area (Å²) in [5.41, 5.74) is 10.2. The van der Waals surface area contributed by atoms with Gasteiger partial charge in [0.05, 0.1) is 5.56 Å². The van der Waals surface area contributed by atoms with E-state index < -0.39 is 0 Å². The highest BCUT2D eigenvalue weighted by atomic mass is 35.5. The SMILES string of the molecule is Cc1cc(NCc2ccccc2Cl)c(C(N)=S)c(C)n1. The molecule has 0 aliphatic heterocycles. The molecule has 1 heterocycles. The molecule has 1 aromatic heterocycles. The summed E-state index contributed by atoms with van der Waals surface area (Å²) in [5, 5.41) is 4.08. The molecule has 104 valence electrons. The van der Waals surface area contributed by atoms with E-state index in [0.29, 0.717) is 11.5 Å². The lowest BCUT2D eigenvalue weighted by Crippen LogP contribution is -2.16. The second-order valence-electron chi connectivity index (χ2n) is 4.58. The Balaban J connectivity index is 2.30.